The molecule has 1 amide bonds. The van der Waals surface area contributed by atoms with E-state index >= 15 is 0 Å². The van der Waals surface area contributed by atoms with Crippen LogP contribution in [0.2, 0.25) is 5.02 Å². The Morgan fingerprint density at radius 1 is 1.22 bits per heavy atom. The van der Waals surface area contributed by atoms with Gasteiger partial charge in [-0.3, -0.25) is 9.48 Å². The zero-order valence-corrected chi connectivity index (χ0v) is 14.8. The Balaban J connectivity index is 1.38. The van der Waals surface area contributed by atoms with Crippen LogP contribution in [-0.2, 0) is 11.3 Å². The van der Waals surface area contributed by atoms with Gasteiger partial charge in [-0.1, -0.05) is 11.6 Å². The summed E-state index contributed by atoms with van der Waals surface area (Å²) < 4.78 is 1.86. The SMILES string of the molecule is Cc1nn(CCC(=O)NC23CC4CC(CC(C4)C2)C3)c(C)c1Cl. The van der Waals surface area contributed by atoms with E-state index in [4.69, 9.17) is 11.6 Å². The van der Waals surface area contributed by atoms with E-state index in [-0.39, 0.29) is 11.4 Å². The Hall–Kier alpha value is -1.03. The van der Waals surface area contributed by atoms with E-state index in [0.717, 1.165) is 29.1 Å². The Bertz CT molecular complexity index is 601. The van der Waals surface area contributed by atoms with Crippen molar-refractivity contribution in [3.8, 4) is 0 Å². The first-order chi connectivity index (χ1) is 10.9. The predicted octanol–water partition coefficient (Wildman–Crippen LogP) is 3.63. The third kappa shape index (κ3) is 2.79. The lowest BCUT2D eigenvalue weighted by Crippen LogP contribution is -2.59. The topological polar surface area (TPSA) is 46.9 Å². The molecule has 4 aliphatic carbocycles. The summed E-state index contributed by atoms with van der Waals surface area (Å²) in [6.45, 7) is 4.47. The zero-order valence-electron chi connectivity index (χ0n) is 14.1. The molecule has 0 unspecified atom stereocenters. The molecule has 0 aromatic carbocycles. The molecule has 0 saturated heterocycles. The monoisotopic (exact) mass is 335 g/mol. The Morgan fingerprint density at radius 2 is 1.78 bits per heavy atom. The van der Waals surface area contributed by atoms with Crippen molar-refractivity contribution in [1.29, 1.82) is 0 Å². The molecule has 0 spiro atoms. The summed E-state index contributed by atoms with van der Waals surface area (Å²) >= 11 is 6.17. The summed E-state index contributed by atoms with van der Waals surface area (Å²) in [6.07, 6.45) is 8.31. The molecular formula is C18H26ClN3O. The maximum absolute atomic E-state index is 12.5. The maximum atomic E-state index is 12.5. The smallest absolute Gasteiger partial charge is 0.222 e. The van der Waals surface area contributed by atoms with Gasteiger partial charge < -0.3 is 5.32 Å². The average Bonchev–Trinajstić information content (AvgIpc) is 2.70. The minimum atomic E-state index is 0.110. The number of hydrogen-bond donors (Lipinski definition) is 1. The van der Waals surface area contributed by atoms with E-state index in [1.807, 2.05) is 18.5 Å². The average molecular weight is 336 g/mol. The van der Waals surface area contributed by atoms with Crippen LogP contribution in [0, 0.1) is 31.6 Å². The predicted molar refractivity (Wildman–Crippen MR) is 90.4 cm³/mol. The number of hydrogen-bond acceptors (Lipinski definition) is 2. The number of nitrogens with zero attached hydrogens (tertiary/aromatic N) is 2. The van der Waals surface area contributed by atoms with Gasteiger partial charge in [0.15, 0.2) is 0 Å². The summed E-state index contributed by atoms with van der Waals surface area (Å²) in [6, 6.07) is 0. The van der Waals surface area contributed by atoms with Crippen molar-refractivity contribution >= 4 is 17.5 Å². The number of rotatable bonds is 4. The van der Waals surface area contributed by atoms with Crippen LogP contribution in [0.4, 0.5) is 0 Å². The number of halogens is 1. The zero-order chi connectivity index (χ0) is 16.2. The fraction of sp³-hybridized carbons (Fsp3) is 0.778. The second-order valence-electron chi connectivity index (χ2n) is 8.20. The van der Waals surface area contributed by atoms with E-state index in [1.54, 1.807) is 0 Å². The third-order valence-electron chi connectivity index (χ3n) is 6.29. The lowest BCUT2D eigenvalue weighted by atomic mass is 9.53. The number of amides is 1. The van der Waals surface area contributed by atoms with Crippen molar-refractivity contribution in [1.82, 2.24) is 15.1 Å². The van der Waals surface area contributed by atoms with Gasteiger partial charge in [-0.05, 0) is 70.1 Å². The molecule has 4 aliphatic rings. The highest BCUT2D eigenvalue weighted by Gasteiger charge is 2.51. The fourth-order valence-corrected chi connectivity index (χ4v) is 5.86. The quantitative estimate of drug-likeness (QED) is 0.913. The van der Waals surface area contributed by atoms with E-state index in [9.17, 15) is 4.79 Å². The van der Waals surface area contributed by atoms with Crippen molar-refractivity contribution in [2.45, 2.75) is 70.9 Å². The molecule has 0 atom stereocenters. The van der Waals surface area contributed by atoms with Gasteiger partial charge >= 0.3 is 0 Å². The van der Waals surface area contributed by atoms with Crippen LogP contribution < -0.4 is 5.32 Å². The van der Waals surface area contributed by atoms with Gasteiger partial charge in [0.25, 0.3) is 0 Å². The van der Waals surface area contributed by atoms with Crippen LogP contribution in [0.15, 0.2) is 0 Å². The lowest BCUT2D eigenvalue weighted by molar-refractivity contribution is -0.127. The molecule has 4 bridgehead atoms. The molecule has 4 fully saturated rings. The first-order valence-electron chi connectivity index (χ1n) is 8.94. The minimum Gasteiger partial charge on any atom is -0.351 e. The van der Waals surface area contributed by atoms with Gasteiger partial charge in [-0.15, -0.1) is 0 Å². The summed E-state index contributed by atoms with van der Waals surface area (Å²) in [5, 5.41) is 8.55. The molecule has 0 aliphatic heterocycles. The van der Waals surface area contributed by atoms with E-state index < -0.39 is 0 Å². The molecule has 23 heavy (non-hydrogen) atoms. The fourth-order valence-electron chi connectivity index (χ4n) is 5.72. The largest absolute Gasteiger partial charge is 0.351 e. The molecular weight excluding hydrogens is 310 g/mol. The Morgan fingerprint density at radius 3 is 2.26 bits per heavy atom. The van der Waals surface area contributed by atoms with E-state index in [2.05, 4.69) is 10.4 Å². The number of nitrogens with one attached hydrogen (secondary N) is 1. The maximum Gasteiger partial charge on any atom is 0.222 e. The normalized spacial score (nSPS) is 34.8. The van der Waals surface area contributed by atoms with Gasteiger partial charge in [0.05, 0.1) is 23.0 Å². The number of aryl methyl sites for hydroxylation is 2. The summed E-state index contributed by atoms with van der Waals surface area (Å²) in [5.74, 6) is 2.75. The van der Waals surface area contributed by atoms with Crippen molar-refractivity contribution in [3.63, 3.8) is 0 Å². The second kappa shape index (κ2) is 5.51. The molecule has 1 aromatic heterocycles. The first-order valence-corrected chi connectivity index (χ1v) is 9.32. The van der Waals surface area contributed by atoms with Crippen LogP contribution in [0.25, 0.3) is 0 Å². The molecule has 5 heteroatoms. The van der Waals surface area contributed by atoms with Crippen molar-refractivity contribution in [3.05, 3.63) is 16.4 Å². The Labute approximate surface area is 143 Å². The van der Waals surface area contributed by atoms with Crippen molar-refractivity contribution < 1.29 is 4.79 Å². The van der Waals surface area contributed by atoms with Crippen molar-refractivity contribution in [2.75, 3.05) is 0 Å². The standard InChI is InChI=1S/C18H26ClN3O/c1-11-17(19)12(2)22(21-11)4-3-16(23)20-18-8-13-5-14(9-18)7-15(6-13)10-18/h13-15H,3-10H2,1-2H3,(H,20,23). The van der Waals surface area contributed by atoms with Crippen LogP contribution in [-0.4, -0.2) is 21.2 Å². The number of aromatic nitrogens is 2. The molecule has 1 aromatic rings. The van der Waals surface area contributed by atoms with Gasteiger partial charge in [0.1, 0.15) is 0 Å². The van der Waals surface area contributed by atoms with E-state index in [1.165, 1.54) is 38.5 Å². The highest BCUT2D eigenvalue weighted by molar-refractivity contribution is 6.31. The summed E-state index contributed by atoms with van der Waals surface area (Å²) in [5.41, 5.74) is 1.90. The van der Waals surface area contributed by atoms with Gasteiger partial charge in [0, 0.05) is 12.0 Å². The lowest BCUT2D eigenvalue weighted by Gasteiger charge is -2.56. The third-order valence-corrected chi connectivity index (χ3v) is 6.83. The molecule has 1 heterocycles. The molecule has 1 N–H and O–H groups in total. The molecule has 5 rings (SSSR count). The number of carbonyl (C=O) groups excluding carboxylic acids is 1. The van der Waals surface area contributed by atoms with Gasteiger partial charge in [-0.2, -0.15) is 5.10 Å². The molecule has 4 saturated carbocycles. The molecule has 126 valence electrons. The number of carbonyl (C=O) groups is 1. The molecule has 0 radical (unpaired) electrons. The Kier molecular flexibility index (Phi) is 3.71. The van der Waals surface area contributed by atoms with Crippen LogP contribution >= 0.6 is 11.6 Å². The van der Waals surface area contributed by atoms with Crippen LogP contribution in [0.3, 0.4) is 0 Å². The van der Waals surface area contributed by atoms with Crippen LogP contribution in [0.1, 0.15) is 56.3 Å². The van der Waals surface area contributed by atoms with Crippen molar-refractivity contribution in [2.24, 2.45) is 17.8 Å². The highest BCUT2D eigenvalue weighted by atomic mass is 35.5. The van der Waals surface area contributed by atoms with Gasteiger partial charge in [-0.25, -0.2) is 0 Å². The second-order valence-corrected chi connectivity index (χ2v) is 8.58. The van der Waals surface area contributed by atoms with Crippen LogP contribution in [0.5, 0.6) is 0 Å². The van der Waals surface area contributed by atoms with E-state index in [0.29, 0.717) is 18.0 Å². The van der Waals surface area contributed by atoms with Gasteiger partial charge in [0.2, 0.25) is 5.91 Å². The summed E-state index contributed by atoms with van der Waals surface area (Å²) in [4.78, 5) is 12.5. The summed E-state index contributed by atoms with van der Waals surface area (Å²) in [7, 11) is 0. The first kappa shape index (κ1) is 15.5. The molecule has 4 nitrogen and oxygen atoms in total. The highest BCUT2D eigenvalue weighted by Crippen LogP contribution is 2.55. The minimum absolute atomic E-state index is 0.110.